The average Bonchev–Trinajstić information content (AvgIpc) is 2.34. The number of nitrogens with one attached hydrogen (secondary N) is 1. The largest absolute Gasteiger partial charge is 0.399 e. The maximum atomic E-state index is 13.1. The van der Waals surface area contributed by atoms with E-state index in [4.69, 9.17) is 28.9 Å². The van der Waals surface area contributed by atoms with Gasteiger partial charge in [0, 0.05) is 16.9 Å². The molecular weight excluding hydrogens is 312 g/mol. The summed E-state index contributed by atoms with van der Waals surface area (Å²) in [4.78, 5) is 0. The van der Waals surface area contributed by atoms with Crippen LogP contribution in [0.4, 0.5) is 30.2 Å². The van der Waals surface area contributed by atoms with Gasteiger partial charge in [-0.3, -0.25) is 0 Å². The van der Waals surface area contributed by atoms with Gasteiger partial charge in [-0.25, -0.2) is 13.2 Å². The van der Waals surface area contributed by atoms with Gasteiger partial charge in [-0.2, -0.15) is 0 Å². The third-order valence-corrected chi connectivity index (χ3v) is 3.17. The SMILES string of the molecule is Nc1ccc(Nc2c(Cl)cc(F)cc2Cl)c(C(F)F)c1. The number of benzene rings is 2. The summed E-state index contributed by atoms with van der Waals surface area (Å²) in [6, 6.07) is 6.06. The fourth-order valence-corrected chi connectivity index (χ4v) is 2.23. The van der Waals surface area contributed by atoms with Crippen LogP contribution in [-0.4, -0.2) is 0 Å². The number of anilines is 3. The Morgan fingerprint density at radius 3 is 2.20 bits per heavy atom. The van der Waals surface area contributed by atoms with Crippen molar-refractivity contribution in [3.05, 3.63) is 51.8 Å². The predicted octanol–water partition coefficient (Wildman–Crippen LogP) is 5.40. The van der Waals surface area contributed by atoms with Gasteiger partial charge in [-0.15, -0.1) is 0 Å². The number of hydrogen-bond acceptors (Lipinski definition) is 2. The molecule has 2 aromatic carbocycles. The van der Waals surface area contributed by atoms with E-state index in [0.717, 1.165) is 18.2 Å². The first kappa shape index (κ1) is 14.8. The number of alkyl halides is 2. The molecule has 0 spiro atoms. The van der Waals surface area contributed by atoms with Crippen molar-refractivity contribution in [2.45, 2.75) is 6.43 Å². The molecule has 0 radical (unpaired) electrons. The molecule has 0 aliphatic carbocycles. The van der Waals surface area contributed by atoms with E-state index in [9.17, 15) is 13.2 Å². The number of halogens is 5. The molecule has 0 atom stereocenters. The van der Waals surface area contributed by atoms with Crippen molar-refractivity contribution in [2.75, 3.05) is 11.1 Å². The fourth-order valence-electron chi connectivity index (χ4n) is 1.67. The van der Waals surface area contributed by atoms with E-state index in [-0.39, 0.29) is 32.7 Å². The summed E-state index contributed by atoms with van der Waals surface area (Å²) in [5.41, 5.74) is 5.65. The molecular formula is C13H9Cl2F3N2. The molecule has 0 saturated carbocycles. The Hall–Kier alpha value is -1.59. The first-order valence-corrected chi connectivity index (χ1v) is 6.23. The summed E-state index contributed by atoms with van der Waals surface area (Å²) in [5.74, 6) is -0.614. The van der Waals surface area contributed by atoms with Crippen molar-refractivity contribution in [2.24, 2.45) is 0 Å². The quantitative estimate of drug-likeness (QED) is 0.743. The van der Waals surface area contributed by atoms with Crippen molar-refractivity contribution in [1.29, 1.82) is 0 Å². The second kappa shape index (κ2) is 5.81. The molecule has 0 amide bonds. The van der Waals surface area contributed by atoms with Crippen LogP contribution in [0.5, 0.6) is 0 Å². The van der Waals surface area contributed by atoms with Crippen LogP contribution in [0.2, 0.25) is 10.0 Å². The summed E-state index contributed by atoms with van der Waals surface area (Å²) in [5, 5.41) is 2.66. The lowest BCUT2D eigenvalue weighted by Gasteiger charge is -2.14. The van der Waals surface area contributed by atoms with E-state index < -0.39 is 12.2 Å². The Morgan fingerprint density at radius 1 is 1.05 bits per heavy atom. The van der Waals surface area contributed by atoms with Crippen LogP contribution < -0.4 is 11.1 Å². The van der Waals surface area contributed by atoms with Crippen molar-refractivity contribution < 1.29 is 13.2 Å². The second-order valence-corrected chi connectivity index (χ2v) is 4.83. The first-order valence-electron chi connectivity index (χ1n) is 5.47. The minimum Gasteiger partial charge on any atom is -0.399 e. The highest BCUT2D eigenvalue weighted by atomic mass is 35.5. The van der Waals surface area contributed by atoms with Gasteiger partial charge in [0.25, 0.3) is 6.43 Å². The molecule has 0 saturated heterocycles. The van der Waals surface area contributed by atoms with E-state index in [1.165, 1.54) is 12.1 Å². The Balaban J connectivity index is 2.45. The molecule has 0 aliphatic rings. The minimum atomic E-state index is -2.72. The van der Waals surface area contributed by atoms with Gasteiger partial charge in [0.2, 0.25) is 0 Å². The molecule has 0 fully saturated rings. The molecule has 0 bridgehead atoms. The smallest absolute Gasteiger partial charge is 0.265 e. The third-order valence-electron chi connectivity index (χ3n) is 2.58. The lowest BCUT2D eigenvalue weighted by Crippen LogP contribution is -2.00. The highest BCUT2D eigenvalue weighted by Gasteiger charge is 2.16. The number of nitrogens with two attached hydrogens (primary N) is 1. The summed E-state index contributed by atoms with van der Waals surface area (Å²) in [6.07, 6.45) is -2.72. The fraction of sp³-hybridized carbons (Fsp3) is 0.0769. The molecule has 0 unspecified atom stereocenters. The normalized spacial score (nSPS) is 10.9. The standard InChI is InChI=1S/C13H9Cl2F3N2/c14-9-3-6(16)4-10(15)12(9)20-11-2-1-7(19)5-8(11)13(17)18/h1-5,13,20H,19H2. The predicted molar refractivity (Wildman–Crippen MR) is 75.5 cm³/mol. The summed E-state index contributed by atoms with van der Waals surface area (Å²) in [7, 11) is 0. The summed E-state index contributed by atoms with van der Waals surface area (Å²) >= 11 is 11.7. The summed E-state index contributed by atoms with van der Waals surface area (Å²) < 4.78 is 39.0. The van der Waals surface area contributed by atoms with Gasteiger partial charge in [-0.1, -0.05) is 23.2 Å². The zero-order chi connectivity index (χ0) is 14.9. The van der Waals surface area contributed by atoms with Crippen LogP contribution in [0.25, 0.3) is 0 Å². The molecule has 0 aromatic heterocycles. The summed E-state index contributed by atoms with van der Waals surface area (Å²) in [6.45, 7) is 0. The van der Waals surface area contributed by atoms with Gasteiger partial charge < -0.3 is 11.1 Å². The Labute approximate surface area is 123 Å². The van der Waals surface area contributed by atoms with Gasteiger partial charge in [0.15, 0.2) is 0 Å². The van der Waals surface area contributed by atoms with Crippen LogP contribution in [-0.2, 0) is 0 Å². The Kier molecular flexibility index (Phi) is 4.30. The highest BCUT2D eigenvalue weighted by molar-refractivity contribution is 6.39. The van der Waals surface area contributed by atoms with Gasteiger partial charge >= 0.3 is 0 Å². The Bertz CT molecular complexity index is 625. The van der Waals surface area contributed by atoms with Gasteiger partial charge in [-0.05, 0) is 30.3 Å². The molecule has 7 heteroatoms. The lowest BCUT2D eigenvalue weighted by atomic mass is 10.1. The zero-order valence-corrected chi connectivity index (χ0v) is 11.4. The Morgan fingerprint density at radius 2 is 1.65 bits per heavy atom. The zero-order valence-electron chi connectivity index (χ0n) is 9.93. The monoisotopic (exact) mass is 320 g/mol. The highest BCUT2D eigenvalue weighted by Crippen LogP contribution is 2.37. The van der Waals surface area contributed by atoms with E-state index >= 15 is 0 Å². The van der Waals surface area contributed by atoms with Crippen LogP contribution in [0, 0.1) is 5.82 Å². The minimum absolute atomic E-state index is 0.00737. The van der Waals surface area contributed by atoms with Crippen molar-refractivity contribution in [3.8, 4) is 0 Å². The molecule has 0 aliphatic heterocycles. The van der Waals surface area contributed by atoms with Crippen molar-refractivity contribution in [3.63, 3.8) is 0 Å². The number of nitrogen functional groups attached to an aromatic ring is 1. The number of rotatable bonds is 3. The van der Waals surface area contributed by atoms with Gasteiger partial charge in [0.1, 0.15) is 5.82 Å². The molecule has 3 N–H and O–H groups in total. The van der Waals surface area contributed by atoms with Crippen molar-refractivity contribution >= 4 is 40.3 Å². The lowest BCUT2D eigenvalue weighted by molar-refractivity contribution is 0.152. The molecule has 2 rings (SSSR count). The third kappa shape index (κ3) is 3.11. The van der Waals surface area contributed by atoms with Gasteiger partial charge in [0.05, 0.1) is 15.7 Å². The molecule has 106 valence electrons. The molecule has 2 aromatic rings. The van der Waals surface area contributed by atoms with E-state index in [0.29, 0.717) is 0 Å². The number of hydrogen-bond donors (Lipinski definition) is 2. The van der Waals surface area contributed by atoms with E-state index in [1.807, 2.05) is 0 Å². The molecule has 0 heterocycles. The average molecular weight is 321 g/mol. The van der Waals surface area contributed by atoms with Crippen molar-refractivity contribution in [1.82, 2.24) is 0 Å². The van der Waals surface area contributed by atoms with Crippen LogP contribution >= 0.6 is 23.2 Å². The molecule has 20 heavy (non-hydrogen) atoms. The van der Waals surface area contributed by atoms with Crippen LogP contribution in [0.1, 0.15) is 12.0 Å². The maximum absolute atomic E-state index is 13.1. The van der Waals surface area contributed by atoms with E-state index in [1.54, 1.807) is 0 Å². The van der Waals surface area contributed by atoms with Crippen LogP contribution in [0.15, 0.2) is 30.3 Å². The first-order chi connectivity index (χ1) is 9.38. The molecule has 2 nitrogen and oxygen atoms in total. The topological polar surface area (TPSA) is 38.0 Å². The maximum Gasteiger partial charge on any atom is 0.265 e. The van der Waals surface area contributed by atoms with E-state index in [2.05, 4.69) is 5.32 Å². The second-order valence-electron chi connectivity index (χ2n) is 4.02. The van der Waals surface area contributed by atoms with Crippen LogP contribution in [0.3, 0.4) is 0 Å².